The van der Waals surface area contributed by atoms with Gasteiger partial charge in [0, 0.05) is 0 Å². The van der Waals surface area contributed by atoms with Crippen molar-refractivity contribution < 1.29 is 19.0 Å². The van der Waals surface area contributed by atoms with Gasteiger partial charge < -0.3 is 0 Å². The molecule has 0 aliphatic heterocycles. The number of methoxy groups -OCH3 is 3. The van der Waals surface area contributed by atoms with Crippen LogP contribution in [-0.4, -0.2) is 51.8 Å². The molecular weight excluding hydrogens is 459 g/mol. The fourth-order valence-electron chi connectivity index (χ4n) is 3.67. The van der Waals surface area contributed by atoms with E-state index < -0.39 is 24.3 Å². The molecule has 164 valence electrons. The molecule has 0 aromatic heterocycles. The molecule has 0 aromatic rings. The Kier molecular flexibility index (Phi) is 16.0. The number of esters is 1. The van der Waals surface area contributed by atoms with Gasteiger partial charge in [-0.3, -0.25) is 0 Å². The minimum atomic E-state index is -2.36. The Labute approximate surface area is 178 Å². The van der Waals surface area contributed by atoms with Crippen LogP contribution in [0, 0.1) is 5.92 Å². The summed E-state index contributed by atoms with van der Waals surface area (Å²) in [6.07, 6.45) is 11.4. The first-order valence-corrected chi connectivity index (χ1v) is 18.7. The summed E-state index contributed by atoms with van der Waals surface area (Å²) >= 11 is -2.36. The molecule has 0 N–H and O–H groups in total. The van der Waals surface area contributed by atoms with E-state index in [0.717, 1.165) is 0 Å². The molecule has 0 saturated heterocycles. The van der Waals surface area contributed by atoms with Gasteiger partial charge in [-0.15, -0.1) is 0 Å². The Morgan fingerprint density at radius 1 is 0.893 bits per heavy atom. The van der Waals surface area contributed by atoms with Crippen molar-refractivity contribution in [1.29, 1.82) is 0 Å². The molecule has 0 saturated carbocycles. The van der Waals surface area contributed by atoms with Crippen LogP contribution in [0.5, 0.6) is 0 Å². The van der Waals surface area contributed by atoms with Crippen LogP contribution in [-0.2, 0) is 19.0 Å². The second-order valence-electron chi connectivity index (χ2n) is 7.80. The summed E-state index contributed by atoms with van der Waals surface area (Å²) in [4.78, 5) is 11.6. The van der Waals surface area contributed by atoms with E-state index in [4.69, 9.17) is 14.2 Å². The Balaban J connectivity index is 5.60. The van der Waals surface area contributed by atoms with Gasteiger partial charge in [-0.2, -0.15) is 0 Å². The van der Waals surface area contributed by atoms with Crippen molar-refractivity contribution in [2.45, 2.75) is 85.6 Å². The molecule has 0 rings (SSSR count). The van der Waals surface area contributed by atoms with Crippen molar-refractivity contribution in [3.05, 3.63) is 22.0 Å². The number of hydrogen-bond acceptors (Lipinski definition) is 4. The number of carbonyl (C=O) groups is 1. The number of ether oxygens (including phenoxy) is 3. The number of carbonyl (C=O) groups excluding carboxylic acids is 1. The number of rotatable bonds is 16. The van der Waals surface area contributed by atoms with E-state index in [0.29, 0.717) is 5.76 Å². The third-order valence-electron chi connectivity index (χ3n) is 5.63. The van der Waals surface area contributed by atoms with Crippen molar-refractivity contribution in [2.24, 2.45) is 5.92 Å². The van der Waals surface area contributed by atoms with Gasteiger partial charge in [0.15, 0.2) is 0 Å². The van der Waals surface area contributed by atoms with E-state index in [1.165, 1.54) is 65.0 Å². The average Bonchev–Trinajstić information content (AvgIpc) is 2.72. The molecule has 0 aromatic carbocycles. The Morgan fingerprint density at radius 3 is 1.75 bits per heavy atom. The van der Waals surface area contributed by atoms with Crippen molar-refractivity contribution in [3.8, 4) is 0 Å². The first kappa shape index (κ1) is 27.5. The van der Waals surface area contributed by atoms with Crippen LogP contribution in [0.1, 0.15) is 66.2 Å². The molecule has 2 atom stereocenters. The summed E-state index contributed by atoms with van der Waals surface area (Å²) in [5.41, 5.74) is 0. The third-order valence-corrected chi connectivity index (χ3v) is 19.8. The van der Waals surface area contributed by atoms with Gasteiger partial charge in [0.1, 0.15) is 0 Å². The summed E-state index contributed by atoms with van der Waals surface area (Å²) < 4.78 is 22.9. The van der Waals surface area contributed by atoms with E-state index in [1.807, 2.05) is 6.92 Å². The predicted molar refractivity (Wildman–Crippen MR) is 121 cm³/mol. The van der Waals surface area contributed by atoms with Gasteiger partial charge >= 0.3 is 178 Å². The van der Waals surface area contributed by atoms with Crippen LogP contribution in [0.2, 0.25) is 13.3 Å². The van der Waals surface area contributed by atoms with E-state index in [9.17, 15) is 4.79 Å². The van der Waals surface area contributed by atoms with E-state index in [-0.39, 0.29) is 12.0 Å². The van der Waals surface area contributed by atoms with E-state index in [2.05, 4.69) is 30.9 Å². The normalized spacial score (nSPS) is 14.9. The Hall–Kier alpha value is -0.491. The van der Waals surface area contributed by atoms with Gasteiger partial charge in [-0.25, -0.2) is 0 Å². The van der Waals surface area contributed by atoms with Crippen molar-refractivity contribution >= 4 is 24.3 Å². The number of unbranched alkanes of at least 4 members (excludes halogenated alkanes) is 3. The van der Waals surface area contributed by atoms with Gasteiger partial charge in [-0.05, 0) is 0 Å². The van der Waals surface area contributed by atoms with Gasteiger partial charge in [-0.1, -0.05) is 0 Å². The number of hydrogen-bond donors (Lipinski definition) is 0. The van der Waals surface area contributed by atoms with Crippen LogP contribution in [0.25, 0.3) is 0 Å². The molecule has 0 unspecified atom stereocenters. The SMILES string of the molecule is CCC[CH2][Sn](/[CH]=C/[C@@H](OC)[C@@H](C)/C(=C\C(=O)OC)OC)([CH2]CCC)[CH2]CCC. The van der Waals surface area contributed by atoms with Gasteiger partial charge in [0.25, 0.3) is 0 Å². The summed E-state index contributed by atoms with van der Waals surface area (Å²) in [5.74, 6) is 0.155. The van der Waals surface area contributed by atoms with E-state index >= 15 is 0 Å². The molecule has 0 bridgehead atoms. The van der Waals surface area contributed by atoms with Crippen molar-refractivity contribution in [1.82, 2.24) is 0 Å². The molecule has 0 aliphatic carbocycles. The monoisotopic (exact) mass is 504 g/mol. The predicted octanol–water partition coefficient (Wildman–Crippen LogP) is 6.29. The molecule has 0 spiro atoms. The topological polar surface area (TPSA) is 44.8 Å². The molecular formula is C23H44O4Sn. The minimum absolute atomic E-state index is 0.0436. The molecule has 0 fully saturated rings. The maximum absolute atomic E-state index is 11.6. The van der Waals surface area contributed by atoms with Crippen LogP contribution in [0.15, 0.2) is 22.0 Å². The van der Waals surface area contributed by atoms with Crippen LogP contribution in [0.3, 0.4) is 0 Å². The first-order valence-electron chi connectivity index (χ1n) is 11.0. The van der Waals surface area contributed by atoms with Crippen LogP contribution in [0.4, 0.5) is 0 Å². The molecule has 0 heterocycles. The quantitative estimate of drug-likeness (QED) is 0.108. The van der Waals surface area contributed by atoms with Gasteiger partial charge in [0.05, 0.1) is 0 Å². The zero-order chi connectivity index (χ0) is 21.4. The summed E-state index contributed by atoms with van der Waals surface area (Å²) in [6, 6.07) is 0. The molecule has 28 heavy (non-hydrogen) atoms. The maximum atomic E-state index is 11.6. The first-order chi connectivity index (χ1) is 13.4. The second kappa shape index (κ2) is 16.3. The van der Waals surface area contributed by atoms with Crippen LogP contribution < -0.4 is 0 Å². The Bertz CT molecular complexity index is 451. The molecule has 0 amide bonds. The van der Waals surface area contributed by atoms with Crippen molar-refractivity contribution in [3.63, 3.8) is 0 Å². The third kappa shape index (κ3) is 10.3. The summed E-state index contributed by atoms with van der Waals surface area (Å²) in [5, 5.41) is 0. The fraction of sp³-hybridized carbons (Fsp3) is 0.783. The zero-order valence-corrected chi connectivity index (χ0v) is 22.2. The Morgan fingerprint density at radius 2 is 1.39 bits per heavy atom. The van der Waals surface area contributed by atoms with Crippen molar-refractivity contribution in [2.75, 3.05) is 21.3 Å². The molecule has 4 nitrogen and oxygen atoms in total. The second-order valence-corrected chi connectivity index (χ2v) is 20.8. The van der Waals surface area contributed by atoms with Crippen LogP contribution >= 0.6 is 0 Å². The zero-order valence-electron chi connectivity index (χ0n) is 19.4. The van der Waals surface area contributed by atoms with E-state index in [1.54, 1.807) is 14.2 Å². The standard InChI is InChI=1S/C11H17O4.3C4H9.Sn/c1-6-9(13-3)8(2)10(14-4)7-11(12)15-5;3*1-3-4-2;/h1,6-9H,2-5H3;3*1,3-4H2,2H3;/b6-1?,10-7+;;;;/t8-,9-;;;;/m1..../s1. The summed E-state index contributed by atoms with van der Waals surface area (Å²) in [6.45, 7) is 8.92. The fourth-order valence-corrected chi connectivity index (χ4v) is 18.0. The molecule has 0 radical (unpaired) electrons. The molecule has 0 aliphatic rings. The van der Waals surface area contributed by atoms with Gasteiger partial charge in [0.2, 0.25) is 0 Å². The average molecular weight is 503 g/mol. The summed E-state index contributed by atoms with van der Waals surface area (Å²) in [7, 11) is 4.70. The molecule has 5 heteroatoms.